The molecule has 2 aliphatic rings. The number of ether oxygens (including phenoxy) is 4. The van der Waals surface area contributed by atoms with Gasteiger partial charge in [0.15, 0.2) is 29.3 Å². The second-order valence-electron chi connectivity index (χ2n) is 5.99. The molecular weight excluding hydrogens is 320 g/mol. The van der Waals surface area contributed by atoms with Crippen LogP contribution in [0.4, 0.5) is 0 Å². The van der Waals surface area contributed by atoms with Crippen molar-refractivity contribution in [3.05, 3.63) is 46.5 Å². The fourth-order valence-electron chi connectivity index (χ4n) is 3.36. The molecule has 0 bridgehead atoms. The molecule has 4 rings (SSSR count). The van der Waals surface area contributed by atoms with Gasteiger partial charge in [0.25, 0.3) is 0 Å². The first-order chi connectivity index (χ1) is 12.2. The van der Waals surface area contributed by atoms with Crippen molar-refractivity contribution in [1.29, 1.82) is 0 Å². The van der Waals surface area contributed by atoms with Gasteiger partial charge in [0.05, 0.1) is 14.2 Å². The van der Waals surface area contributed by atoms with Crippen LogP contribution in [0.25, 0.3) is 11.6 Å². The maximum absolute atomic E-state index is 11.6. The van der Waals surface area contributed by atoms with Crippen LogP contribution in [-0.4, -0.2) is 27.3 Å². The Morgan fingerprint density at radius 1 is 0.960 bits per heavy atom. The van der Waals surface area contributed by atoms with E-state index in [1.807, 2.05) is 18.2 Å². The average molecular weight is 338 g/mol. The van der Waals surface area contributed by atoms with E-state index in [0.29, 0.717) is 17.1 Å². The summed E-state index contributed by atoms with van der Waals surface area (Å²) >= 11 is 0. The number of fused-ring (bicyclic) bond motifs is 2. The highest BCUT2D eigenvalue weighted by Gasteiger charge is 2.21. The van der Waals surface area contributed by atoms with Crippen LogP contribution >= 0.6 is 0 Å². The van der Waals surface area contributed by atoms with Crippen molar-refractivity contribution in [1.82, 2.24) is 0 Å². The molecule has 5 heteroatoms. The van der Waals surface area contributed by atoms with Crippen LogP contribution in [0, 0.1) is 0 Å². The van der Waals surface area contributed by atoms with E-state index in [9.17, 15) is 4.79 Å². The Kier molecular flexibility index (Phi) is 3.84. The Morgan fingerprint density at radius 3 is 2.40 bits per heavy atom. The van der Waals surface area contributed by atoms with Gasteiger partial charge in [0.2, 0.25) is 6.79 Å². The quantitative estimate of drug-likeness (QED) is 0.795. The molecule has 1 aliphatic heterocycles. The molecule has 0 N–H and O–H groups in total. The van der Waals surface area contributed by atoms with Crippen LogP contribution in [0.5, 0.6) is 23.0 Å². The lowest BCUT2D eigenvalue weighted by Crippen LogP contribution is -2.03. The highest BCUT2D eigenvalue weighted by molar-refractivity contribution is 5.93. The minimum absolute atomic E-state index is 0.264. The van der Waals surface area contributed by atoms with Gasteiger partial charge in [0.1, 0.15) is 0 Å². The number of aldehydes is 1. The van der Waals surface area contributed by atoms with Crippen LogP contribution < -0.4 is 18.9 Å². The molecule has 128 valence electrons. The predicted molar refractivity (Wildman–Crippen MR) is 93.7 cm³/mol. The molecule has 2 aromatic carbocycles. The Bertz CT molecular complexity index is 882. The second-order valence-corrected chi connectivity index (χ2v) is 5.99. The summed E-state index contributed by atoms with van der Waals surface area (Å²) in [6, 6.07) is 7.63. The first-order valence-electron chi connectivity index (χ1n) is 8.08. The minimum atomic E-state index is 0.264. The zero-order valence-electron chi connectivity index (χ0n) is 14.1. The summed E-state index contributed by atoms with van der Waals surface area (Å²) in [6.07, 6.45) is 4.68. The molecule has 1 aliphatic carbocycles. The summed E-state index contributed by atoms with van der Waals surface area (Å²) in [5.74, 6) is 2.73. The smallest absolute Gasteiger partial charge is 0.231 e. The molecule has 0 fully saturated rings. The van der Waals surface area contributed by atoms with E-state index < -0.39 is 0 Å². The minimum Gasteiger partial charge on any atom is -0.493 e. The highest BCUT2D eigenvalue weighted by atomic mass is 16.7. The van der Waals surface area contributed by atoms with Gasteiger partial charge in [-0.05, 0) is 59.4 Å². The lowest BCUT2D eigenvalue weighted by Gasteiger charge is -2.20. The molecule has 0 radical (unpaired) electrons. The van der Waals surface area contributed by atoms with Crippen LogP contribution in [0.1, 0.15) is 33.5 Å². The number of methoxy groups -OCH3 is 2. The van der Waals surface area contributed by atoms with Gasteiger partial charge >= 0.3 is 0 Å². The van der Waals surface area contributed by atoms with Crippen LogP contribution in [0.2, 0.25) is 0 Å². The molecule has 1 heterocycles. The summed E-state index contributed by atoms with van der Waals surface area (Å²) in [7, 11) is 3.15. The summed E-state index contributed by atoms with van der Waals surface area (Å²) in [4.78, 5) is 11.6. The van der Waals surface area contributed by atoms with Crippen molar-refractivity contribution in [2.75, 3.05) is 21.0 Å². The Hall–Kier alpha value is -2.95. The van der Waals surface area contributed by atoms with Gasteiger partial charge < -0.3 is 18.9 Å². The topological polar surface area (TPSA) is 54.0 Å². The van der Waals surface area contributed by atoms with Crippen molar-refractivity contribution >= 4 is 17.9 Å². The molecule has 0 amide bonds. The Labute approximate surface area is 145 Å². The first kappa shape index (κ1) is 15.6. The van der Waals surface area contributed by atoms with Crippen LogP contribution in [-0.2, 0) is 6.42 Å². The molecule has 0 spiro atoms. The van der Waals surface area contributed by atoms with E-state index >= 15 is 0 Å². The third kappa shape index (κ3) is 2.61. The molecule has 5 nitrogen and oxygen atoms in total. The highest BCUT2D eigenvalue weighted by Crippen LogP contribution is 2.41. The van der Waals surface area contributed by atoms with Crippen molar-refractivity contribution < 1.29 is 23.7 Å². The average Bonchev–Trinajstić information content (AvgIpc) is 3.11. The number of benzene rings is 2. The second kappa shape index (κ2) is 6.16. The molecule has 0 aromatic heterocycles. The number of carbonyl (C=O) groups is 1. The van der Waals surface area contributed by atoms with Gasteiger partial charge in [-0.25, -0.2) is 0 Å². The van der Waals surface area contributed by atoms with Crippen LogP contribution in [0.3, 0.4) is 0 Å². The monoisotopic (exact) mass is 338 g/mol. The first-order valence-corrected chi connectivity index (χ1v) is 8.08. The zero-order chi connectivity index (χ0) is 17.4. The fraction of sp³-hybridized carbons (Fsp3) is 0.250. The maximum atomic E-state index is 11.6. The summed E-state index contributed by atoms with van der Waals surface area (Å²) in [5.41, 5.74) is 4.87. The van der Waals surface area contributed by atoms with Crippen molar-refractivity contribution in [2.24, 2.45) is 0 Å². The number of hydrogen-bond acceptors (Lipinski definition) is 5. The summed E-state index contributed by atoms with van der Waals surface area (Å²) in [6.45, 7) is 0.264. The molecule has 0 saturated carbocycles. The molecule has 0 unspecified atom stereocenters. The largest absolute Gasteiger partial charge is 0.493 e. The number of rotatable bonds is 4. The fourth-order valence-corrected chi connectivity index (χ4v) is 3.36. The van der Waals surface area contributed by atoms with Crippen molar-refractivity contribution in [2.45, 2.75) is 12.8 Å². The molecular formula is C20H18O5. The Morgan fingerprint density at radius 2 is 1.68 bits per heavy atom. The van der Waals surface area contributed by atoms with E-state index in [4.69, 9.17) is 18.9 Å². The lowest BCUT2D eigenvalue weighted by atomic mass is 9.86. The van der Waals surface area contributed by atoms with Gasteiger partial charge in [-0.3, -0.25) is 4.79 Å². The SMILES string of the molecule is COc1cc(C=O)c(C2=Cc3cc4c(cc3CC2)OCO4)cc1OC. The Balaban J connectivity index is 1.81. The number of carbonyl (C=O) groups excluding carboxylic acids is 1. The summed E-state index contributed by atoms with van der Waals surface area (Å²) in [5, 5.41) is 0. The molecule has 2 aromatic rings. The number of allylic oxidation sites excluding steroid dienone is 1. The summed E-state index contributed by atoms with van der Waals surface area (Å²) < 4.78 is 21.6. The predicted octanol–water partition coefficient (Wildman–Crippen LogP) is 3.73. The van der Waals surface area contributed by atoms with Crippen LogP contribution in [0.15, 0.2) is 24.3 Å². The third-order valence-corrected chi connectivity index (χ3v) is 4.66. The van der Waals surface area contributed by atoms with Crippen molar-refractivity contribution in [3.8, 4) is 23.0 Å². The van der Waals surface area contributed by atoms with Gasteiger partial charge in [-0.2, -0.15) is 0 Å². The van der Waals surface area contributed by atoms with Gasteiger partial charge in [-0.15, -0.1) is 0 Å². The van der Waals surface area contributed by atoms with E-state index in [1.165, 1.54) is 5.56 Å². The van der Waals surface area contributed by atoms with E-state index in [1.54, 1.807) is 20.3 Å². The molecule has 25 heavy (non-hydrogen) atoms. The lowest BCUT2D eigenvalue weighted by molar-refractivity contribution is 0.112. The van der Waals surface area contributed by atoms with E-state index in [0.717, 1.165) is 47.3 Å². The van der Waals surface area contributed by atoms with Gasteiger partial charge in [0, 0.05) is 5.56 Å². The zero-order valence-corrected chi connectivity index (χ0v) is 14.1. The van der Waals surface area contributed by atoms with E-state index in [2.05, 4.69) is 6.08 Å². The third-order valence-electron chi connectivity index (χ3n) is 4.66. The van der Waals surface area contributed by atoms with E-state index in [-0.39, 0.29) is 6.79 Å². The standard InChI is InChI=1S/C20H18O5/c1-22-17-8-15(10-21)16(9-18(17)23-2)13-4-3-12-6-19-20(25-11-24-19)7-14(12)5-13/h5-10H,3-4,11H2,1-2H3. The molecule has 0 saturated heterocycles. The van der Waals surface area contributed by atoms with Gasteiger partial charge in [-0.1, -0.05) is 6.08 Å². The van der Waals surface area contributed by atoms with Crippen molar-refractivity contribution in [3.63, 3.8) is 0 Å². The number of aryl methyl sites for hydroxylation is 1. The maximum Gasteiger partial charge on any atom is 0.231 e. The number of hydrogen-bond donors (Lipinski definition) is 0. The normalized spacial score (nSPS) is 14.6. The molecule has 0 atom stereocenters.